The third-order valence-electron chi connectivity index (χ3n) is 4.44. The van der Waals surface area contributed by atoms with E-state index in [1.54, 1.807) is 6.92 Å². The lowest BCUT2D eigenvalue weighted by Crippen LogP contribution is -2.14. The number of aromatic carboxylic acids is 1. The largest absolute Gasteiger partial charge is 0.477 e. The van der Waals surface area contributed by atoms with Crippen molar-refractivity contribution in [2.45, 2.75) is 6.92 Å². The maximum absolute atomic E-state index is 11.4. The number of carboxylic acid groups (broad SMARTS) is 1. The number of carbonyl (C=O) groups is 1. The minimum atomic E-state index is -0.931. The molecule has 0 amide bonds. The molecule has 2 aromatic heterocycles. The van der Waals surface area contributed by atoms with Gasteiger partial charge in [0.1, 0.15) is 21.9 Å². The van der Waals surface area contributed by atoms with Crippen molar-refractivity contribution in [2.24, 2.45) is 0 Å². The molecule has 0 atom stereocenters. The van der Waals surface area contributed by atoms with Crippen LogP contribution in [0.15, 0.2) is 48.8 Å². The number of carboxylic acids is 1. The van der Waals surface area contributed by atoms with E-state index < -0.39 is 5.97 Å². The second kappa shape index (κ2) is 7.20. The Kier molecular flexibility index (Phi) is 4.60. The zero-order valence-electron chi connectivity index (χ0n) is 14.7. The van der Waals surface area contributed by atoms with Crippen LogP contribution in [-0.2, 0) is 0 Å². The second-order valence-corrected chi connectivity index (χ2v) is 7.14. The third-order valence-corrected chi connectivity index (χ3v) is 5.63. The molecule has 2 aromatic carbocycles. The first-order valence-corrected chi connectivity index (χ1v) is 9.39. The summed E-state index contributed by atoms with van der Waals surface area (Å²) in [4.78, 5) is 20.9. The fourth-order valence-electron chi connectivity index (χ4n) is 3.17. The number of nitrogens with one attached hydrogen (secondary N) is 2. The maximum atomic E-state index is 11.4. The van der Waals surface area contributed by atoms with Gasteiger partial charge in [-0.1, -0.05) is 36.4 Å². The van der Waals surface area contributed by atoms with Crippen LogP contribution in [0.2, 0.25) is 0 Å². The van der Waals surface area contributed by atoms with Crippen LogP contribution in [-0.4, -0.2) is 34.1 Å². The van der Waals surface area contributed by atoms with E-state index in [0.717, 1.165) is 11.1 Å². The molecule has 136 valence electrons. The summed E-state index contributed by atoms with van der Waals surface area (Å²) in [6, 6.07) is 14.4. The van der Waals surface area contributed by atoms with Crippen LogP contribution in [0.3, 0.4) is 0 Å². The van der Waals surface area contributed by atoms with Gasteiger partial charge in [-0.25, -0.2) is 14.8 Å². The molecule has 0 radical (unpaired) electrons. The molecule has 6 nitrogen and oxygen atoms in total. The number of nitrogens with zero attached hydrogens (tertiary/aromatic N) is 2. The lowest BCUT2D eigenvalue weighted by Gasteiger charge is -2.11. The molecule has 0 saturated carbocycles. The highest BCUT2D eigenvalue weighted by Gasteiger charge is 2.18. The number of benzene rings is 2. The van der Waals surface area contributed by atoms with Gasteiger partial charge in [0.05, 0.1) is 5.39 Å². The molecule has 0 fully saturated rings. The summed E-state index contributed by atoms with van der Waals surface area (Å²) in [5, 5.41) is 19.2. The monoisotopic (exact) mass is 378 g/mol. The molecule has 0 unspecified atom stereocenters. The molecular weight excluding hydrogens is 360 g/mol. The van der Waals surface area contributed by atoms with Crippen molar-refractivity contribution in [3.8, 4) is 0 Å². The molecule has 4 aromatic rings. The highest BCUT2D eigenvalue weighted by molar-refractivity contribution is 7.20. The maximum Gasteiger partial charge on any atom is 0.346 e. The minimum absolute atomic E-state index is 0.308. The summed E-state index contributed by atoms with van der Waals surface area (Å²) in [5.41, 5.74) is 1.79. The van der Waals surface area contributed by atoms with Crippen LogP contribution in [0, 0.1) is 6.92 Å². The average molecular weight is 378 g/mol. The fraction of sp³-hybridized carbons (Fsp3) is 0.150. The third kappa shape index (κ3) is 3.29. The van der Waals surface area contributed by atoms with Crippen LogP contribution >= 0.6 is 11.3 Å². The van der Waals surface area contributed by atoms with Crippen molar-refractivity contribution in [1.82, 2.24) is 9.97 Å². The minimum Gasteiger partial charge on any atom is -0.477 e. The number of anilines is 2. The molecule has 0 spiro atoms. The summed E-state index contributed by atoms with van der Waals surface area (Å²) in [6.07, 6.45) is 1.46. The molecule has 7 heteroatoms. The van der Waals surface area contributed by atoms with E-state index in [1.807, 2.05) is 18.2 Å². The molecule has 2 heterocycles. The summed E-state index contributed by atoms with van der Waals surface area (Å²) >= 11 is 1.18. The summed E-state index contributed by atoms with van der Waals surface area (Å²) in [6.45, 7) is 3.15. The standard InChI is InChI=1S/C20H18N4O2S/c1-12-16-18(23-11-24-19(16)27-17(12)20(25)26)22-10-9-21-15-8-4-6-13-5-2-3-7-14(13)15/h2-8,11,21H,9-10H2,1H3,(H,25,26)(H,22,23,24). The van der Waals surface area contributed by atoms with Gasteiger partial charge in [-0.2, -0.15) is 0 Å². The molecule has 0 bridgehead atoms. The number of aryl methyl sites for hydroxylation is 1. The zero-order valence-corrected chi connectivity index (χ0v) is 15.5. The van der Waals surface area contributed by atoms with E-state index in [0.29, 0.717) is 34.2 Å². The van der Waals surface area contributed by atoms with E-state index in [4.69, 9.17) is 0 Å². The predicted molar refractivity (Wildman–Crippen MR) is 110 cm³/mol. The lowest BCUT2D eigenvalue weighted by atomic mass is 10.1. The Morgan fingerprint density at radius 2 is 1.85 bits per heavy atom. The van der Waals surface area contributed by atoms with E-state index in [-0.39, 0.29) is 0 Å². The molecule has 0 aliphatic carbocycles. The van der Waals surface area contributed by atoms with Crippen molar-refractivity contribution in [3.63, 3.8) is 0 Å². The smallest absolute Gasteiger partial charge is 0.346 e. The van der Waals surface area contributed by atoms with E-state index >= 15 is 0 Å². The van der Waals surface area contributed by atoms with Crippen molar-refractivity contribution >= 4 is 49.8 Å². The number of hydrogen-bond acceptors (Lipinski definition) is 6. The van der Waals surface area contributed by atoms with Gasteiger partial charge in [-0.15, -0.1) is 11.3 Å². The summed E-state index contributed by atoms with van der Waals surface area (Å²) in [7, 11) is 0. The number of fused-ring (bicyclic) bond motifs is 2. The molecule has 0 aliphatic rings. The van der Waals surface area contributed by atoms with Crippen LogP contribution in [0.4, 0.5) is 11.5 Å². The van der Waals surface area contributed by atoms with Gasteiger partial charge in [-0.05, 0) is 23.9 Å². The van der Waals surface area contributed by atoms with Gasteiger partial charge >= 0.3 is 5.97 Å². The van der Waals surface area contributed by atoms with Gasteiger partial charge < -0.3 is 15.7 Å². The number of hydrogen-bond donors (Lipinski definition) is 3. The Hall–Kier alpha value is -3.19. The average Bonchev–Trinajstić information content (AvgIpc) is 3.03. The Labute approximate surface area is 159 Å². The normalized spacial score (nSPS) is 11.0. The molecule has 4 rings (SSSR count). The number of rotatable bonds is 6. The summed E-state index contributed by atoms with van der Waals surface area (Å²) < 4.78 is 0. The van der Waals surface area contributed by atoms with Crippen LogP contribution in [0.25, 0.3) is 21.0 Å². The number of aromatic nitrogens is 2. The Balaban J connectivity index is 1.49. The zero-order chi connectivity index (χ0) is 18.8. The Morgan fingerprint density at radius 1 is 1.07 bits per heavy atom. The quantitative estimate of drug-likeness (QED) is 0.432. The van der Waals surface area contributed by atoms with Crippen LogP contribution in [0.1, 0.15) is 15.2 Å². The van der Waals surface area contributed by atoms with E-state index in [2.05, 4.69) is 44.9 Å². The highest BCUT2D eigenvalue weighted by Crippen LogP contribution is 2.33. The van der Waals surface area contributed by atoms with Crippen molar-refractivity contribution in [2.75, 3.05) is 23.7 Å². The van der Waals surface area contributed by atoms with Crippen LogP contribution in [0.5, 0.6) is 0 Å². The lowest BCUT2D eigenvalue weighted by molar-refractivity contribution is 0.0701. The Bertz CT molecular complexity index is 1130. The molecule has 0 saturated heterocycles. The SMILES string of the molecule is Cc1c(C(=O)O)sc2ncnc(NCCNc3cccc4ccccc34)c12. The first-order chi connectivity index (χ1) is 13.1. The number of thiophene rings is 1. The topological polar surface area (TPSA) is 87.1 Å². The van der Waals surface area contributed by atoms with E-state index in [1.165, 1.54) is 28.4 Å². The van der Waals surface area contributed by atoms with Gasteiger partial charge in [0.25, 0.3) is 0 Å². The Morgan fingerprint density at radius 3 is 2.70 bits per heavy atom. The molecule has 0 aliphatic heterocycles. The van der Waals surface area contributed by atoms with Gasteiger partial charge in [0.15, 0.2) is 0 Å². The second-order valence-electron chi connectivity index (χ2n) is 6.14. The molecular formula is C20H18N4O2S. The van der Waals surface area contributed by atoms with Gasteiger partial charge in [-0.3, -0.25) is 0 Å². The first kappa shape index (κ1) is 17.2. The first-order valence-electron chi connectivity index (χ1n) is 8.58. The fourth-order valence-corrected chi connectivity index (χ4v) is 4.15. The van der Waals surface area contributed by atoms with Gasteiger partial charge in [0, 0.05) is 24.2 Å². The highest BCUT2D eigenvalue weighted by atomic mass is 32.1. The van der Waals surface area contributed by atoms with Gasteiger partial charge in [0.2, 0.25) is 0 Å². The van der Waals surface area contributed by atoms with Crippen molar-refractivity contribution in [1.29, 1.82) is 0 Å². The van der Waals surface area contributed by atoms with Crippen molar-refractivity contribution < 1.29 is 9.90 Å². The van der Waals surface area contributed by atoms with Crippen LogP contribution < -0.4 is 10.6 Å². The van der Waals surface area contributed by atoms with E-state index in [9.17, 15) is 9.90 Å². The molecule has 27 heavy (non-hydrogen) atoms. The predicted octanol–water partition coefficient (Wildman–Crippen LogP) is 4.38. The molecule has 3 N–H and O–H groups in total. The summed E-state index contributed by atoms with van der Waals surface area (Å²) in [5.74, 6) is -0.264. The van der Waals surface area contributed by atoms with Crippen molar-refractivity contribution in [3.05, 3.63) is 59.2 Å².